The van der Waals surface area contributed by atoms with Crippen molar-refractivity contribution in [1.82, 2.24) is 5.32 Å². The number of aliphatic carboxylic acids is 1. The molecule has 0 saturated carbocycles. The molecule has 0 aromatic rings. The molecular weight excluding hydrogens is 153 g/mol. The maximum atomic E-state index is 10.3. The minimum absolute atomic E-state index is 0.0129. The van der Waals surface area contributed by atoms with Crippen molar-refractivity contribution in [2.75, 3.05) is 6.54 Å². The van der Waals surface area contributed by atoms with Crippen LogP contribution < -0.4 is 5.32 Å². The zero-order chi connectivity index (χ0) is 7.56. The lowest BCUT2D eigenvalue weighted by Gasteiger charge is -1.99. The summed E-state index contributed by atoms with van der Waals surface area (Å²) < 4.78 is 10.2. The molecule has 0 radical (unpaired) electrons. The number of carbonyl (C=O) groups is 1. The highest BCUT2D eigenvalue weighted by Crippen LogP contribution is 2.18. The van der Waals surface area contributed by atoms with E-state index in [0.717, 1.165) is 0 Å². The molecule has 2 unspecified atom stereocenters. The summed E-state index contributed by atoms with van der Waals surface area (Å²) in [6, 6.07) is -0.494. The van der Waals surface area contributed by atoms with E-state index in [1.165, 1.54) is 0 Å². The average Bonchev–Trinajstić information content (AvgIpc) is 2.34. The van der Waals surface area contributed by atoms with Crippen molar-refractivity contribution in [3.8, 4) is 0 Å². The Hall–Kier alpha value is -0.470. The summed E-state index contributed by atoms with van der Waals surface area (Å²) >= 11 is 0. The molecule has 10 heavy (non-hydrogen) atoms. The van der Waals surface area contributed by atoms with Gasteiger partial charge in [0.1, 0.15) is 6.04 Å². The van der Waals surface area contributed by atoms with Crippen molar-refractivity contribution in [2.24, 2.45) is 0 Å². The molecule has 0 amide bonds. The van der Waals surface area contributed by atoms with E-state index in [1.54, 1.807) is 0 Å². The van der Waals surface area contributed by atoms with Gasteiger partial charge in [0.25, 0.3) is 0 Å². The second kappa shape index (κ2) is 3.08. The van der Waals surface area contributed by atoms with Crippen LogP contribution in [0.25, 0.3) is 0 Å². The zero-order valence-electron chi connectivity index (χ0n) is 5.28. The molecule has 0 spiro atoms. The third-order valence-electron chi connectivity index (χ3n) is 1.55. The molecule has 0 aromatic heterocycles. The van der Waals surface area contributed by atoms with Crippen molar-refractivity contribution < 1.29 is 14.5 Å². The van der Waals surface area contributed by atoms with Gasteiger partial charge in [-0.1, -0.05) is 0 Å². The fourth-order valence-electron chi connectivity index (χ4n) is 0.985. The van der Waals surface area contributed by atoms with Crippen molar-refractivity contribution in [3.05, 3.63) is 0 Å². The lowest BCUT2D eigenvalue weighted by Crippen LogP contribution is -2.29. The monoisotopic (exact) mass is 161 g/mol. The number of rotatable bonds is 2. The smallest absolute Gasteiger partial charge is 0.320 e. The second-order valence-electron chi connectivity index (χ2n) is 2.29. The molecule has 1 aliphatic heterocycles. The largest absolute Gasteiger partial charge is 0.480 e. The summed E-state index contributed by atoms with van der Waals surface area (Å²) in [7, 11) is 0.0460. The Balaban J connectivity index is 2.42. The van der Waals surface area contributed by atoms with E-state index in [4.69, 9.17) is 5.11 Å². The predicted molar refractivity (Wildman–Crippen MR) is 35.4 cm³/mol. The van der Waals surface area contributed by atoms with E-state index in [9.17, 15) is 9.36 Å². The van der Waals surface area contributed by atoms with Gasteiger partial charge in [0.05, 0.1) is 5.66 Å². The third-order valence-corrected chi connectivity index (χ3v) is 2.25. The number of carboxylic acids is 1. The van der Waals surface area contributed by atoms with Gasteiger partial charge in [0.15, 0.2) is 8.46 Å². The normalized spacial score (nSPS) is 32.8. The maximum Gasteiger partial charge on any atom is 0.320 e. The molecule has 1 saturated heterocycles. The summed E-state index contributed by atoms with van der Waals surface area (Å²) in [5.41, 5.74) is -0.0129. The van der Waals surface area contributed by atoms with Crippen LogP contribution in [0.15, 0.2) is 0 Å². The predicted octanol–water partition coefficient (Wildman–Crippen LogP) is 0.0932. The van der Waals surface area contributed by atoms with Crippen LogP contribution in [0.1, 0.15) is 6.42 Å². The molecule has 0 aromatic carbocycles. The Morgan fingerprint density at radius 2 is 2.40 bits per heavy atom. The molecule has 56 valence electrons. The van der Waals surface area contributed by atoms with E-state index in [1.807, 2.05) is 0 Å². The van der Waals surface area contributed by atoms with Gasteiger partial charge in [-0.2, -0.15) is 0 Å². The van der Waals surface area contributed by atoms with Gasteiger partial charge in [-0.25, -0.2) is 0 Å². The first-order valence-corrected chi connectivity index (χ1v) is 3.91. The molecule has 0 bridgehead atoms. The first kappa shape index (κ1) is 7.63. The van der Waals surface area contributed by atoms with E-state index < -0.39 is 12.0 Å². The molecule has 1 rings (SSSR count). The van der Waals surface area contributed by atoms with E-state index in [2.05, 4.69) is 5.32 Å². The standard InChI is InChI=1S/C5H8NO3P/c7-5(8)4-1-3(10-9)2-6-4/h3-4,6H,1-2H2,(H,7,8). The molecule has 2 atom stereocenters. The maximum absolute atomic E-state index is 10.3. The zero-order valence-corrected chi connectivity index (χ0v) is 6.17. The Morgan fingerprint density at radius 1 is 1.70 bits per heavy atom. The summed E-state index contributed by atoms with van der Waals surface area (Å²) in [5.74, 6) is -0.855. The van der Waals surface area contributed by atoms with Gasteiger partial charge in [-0.05, 0) is 6.42 Å². The highest BCUT2D eigenvalue weighted by Gasteiger charge is 2.29. The number of nitrogens with one attached hydrogen (secondary N) is 1. The summed E-state index contributed by atoms with van der Waals surface area (Å²) in [5, 5.41) is 11.2. The summed E-state index contributed by atoms with van der Waals surface area (Å²) in [6.07, 6.45) is 0.473. The van der Waals surface area contributed by atoms with Gasteiger partial charge in [-0.15, -0.1) is 0 Å². The summed E-state index contributed by atoms with van der Waals surface area (Å²) in [4.78, 5) is 10.3. The van der Waals surface area contributed by atoms with Crippen LogP contribution in [-0.4, -0.2) is 29.3 Å². The lowest BCUT2D eigenvalue weighted by molar-refractivity contribution is -0.139. The number of carboxylic acid groups (broad SMARTS) is 1. The highest BCUT2D eigenvalue weighted by molar-refractivity contribution is 7.24. The van der Waals surface area contributed by atoms with Crippen LogP contribution >= 0.6 is 8.46 Å². The van der Waals surface area contributed by atoms with Crippen molar-refractivity contribution in [2.45, 2.75) is 18.1 Å². The Morgan fingerprint density at radius 3 is 2.70 bits per heavy atom. The second-order valence-corrected chi connectivity index (χ2v) is 3.24. The Kier molecular flexibility index (Phi) is 2.35. The SMILES string of the molecule is O=PC1CNC(C(=O)O)C1. The fraction of sp³-hybridized carbons (Fsp3) is 0.800. The summed E-state index contributed by atoms with van der Waals surface area (Å²) in [6.45, 7) is 0.544. The molecule has 1 heterocycles. The molecule has 1 aliphatic rings. The van der Waals surface area contributed by atoms with Gasteiger partial charge in [-0.3, -0.25) is 9.36 Å². The average molecular weight is 161 g/mol. The number of hydrogen-bond donors (Lipinski definition) is 2. The van der Waals surface area contributed by atoms with Gasteiger partial charge in [0.2, 0.25) is 0 Å². The van der Waals surface area contributed by atoms with E-state index in [-0.39, 0.29) is 14.1 Å². The molecule has 1 fully saturated rings. The number of hydrogen-bond acceptors (Lipinski definition) is 3. The van der Waals surface area contributed by atoms with Crippen LogP contribution in [0.2, 0.25) is 0 Å². The van der Waals surface area contributed by atoms with E-state index in [0.29, 0.717) is 13.0 Å². The molecule has 5 heteroatoms. The van der Waals surface area contributed by atoms with Crippen LogP contribution in [0.5, 0.6) is 0 Å². The quantitative estimate of drug-likeness (QED) is 0.563. The van der Waals surface area contributed by atoms with Crippen molar-refractivity contribution in [3.63, 3.8) is 0 Å². The molecule has 4 nitrogen and oxygen atoms in total. The molecule has 0 aliphatic carbocycles. The van der Waals surface area contributed by atoms with Crippen LogP contribution in [0.4, 0.5) is 0 Å². The van der Waals surface area contributed by atoms with Crippen LogP contribution in [0, 0.1) is 0 Å². The van der Waals surface area contributed by atoms with Gasteiger partial charge in [0, 0.05) is 6.54 Å². The molecular formula is C5H8NO3P. The van der Waals surface area contributed by atoms with Crippen molar-refractivity contribution in [1.29, 1.82) is 0 Å². The third kappa shape index (κ3) is 1.52. The first-order chi connectivity index (χ1) is 4.74. The van der Waals surface area contributed by atoms with Crippen LogP contribution in [-0.2, 0) is 9.36 Å². The Bertz CT molecular complexity index is 161. The van der Waals surface area contributed by atoms with Crippen molar-refractivity contribution >= 4 is 14.4 Å². The van der Waals surface area contributed by atoms with Gasteiger partial charge < -0.3 is 10.4 Å². The first-order valence-electron chi connectivity index (χ1n) is 3.02. The minimum Gasteiger partial charge on any atom is -0.480 e. The minimum atomic E-state index is -0.855. The Labute approximate surface area is 59.8 Å². The van der Waals surface area contributed by atoms with E-state index >= 15 is 0 Å². The van der Waals surface area contributed by atoms with Crippen LogP contribution in [0.3, 0.4) is 0 Å². The lowest BCUT2D eigenvalue weighted by atomic mass is 10.2. The highest BCUT2D eigenvalue weighted by atomic mass is 31.1. The fourth-order valence-corrected chi connectivity index (χ4v) is 1.46. The molecule has 2 N–H and O–H groups in total. The van der Waals surface area contributed by atoms with Gasteiger partial charge >= 0.3 is 5.97 Å². The topological polar surface area (TPSA) is 66.4 Å².